The zero-order valence-corrected chi connectivity index (χ0v) is 8.54. The van der Waals surface area contributed by atoms with Crippen LogP contribution in [-0.2, 0) is 9.53 Å². The molecule has 4 nitrogen and oxygen atoms in total. The number of likely N-dealkylation sites (N-methyl/N-ethyl adjacent to an activating group) is 1. The summed E-state index contributed by atoms with van der Waals surface area (Å²) in [5.41, 5.74) is 0. The Morgan fingerprint density at radius 3 is 2.85 bits per heavy atom. The fourth-order valence-corrected chi connectivity index (χ4v) is 1.52. The van der Waals surface area contributed by atoms with Gasteiger partial charge < -0.3 is 15.0 Å². The molecule has 1 fully saturated rings. The number of ether oxygens (including phenoxy) is 1. The molecular weight excluding hydrogens is 168 g/mol. The highest BCUT2D eigenvalue weighted by Gasteiger charge is 2.34. The average molecular weight is 186 g/mol. The van der Waals surface area contributed by atoms with Crippen LogP contribution in [0.5, 0.6) is 0 Å². The first-order valence-electron chi connectivity index (χ1n) is 4.70. The number of hydrogen-bond donors (Lipinski definition) is 1. The highest BCUT2D eigenvalue weighted by atomic mass is 16.5. The molecular formula is C9H18N2O2. The second-order valence-corrected chi connectivity index (χ2v) is 3.39. The smallest absolute Gasteiger partial charge is 0.229 e. The Bertz CT molecular complexity index is 184. The van der Waals surface area contributed by atoms with Crippen LogP contribution >= 0.6 is 0 Å². The summed E-state index contributed by atoms with van der Waals surface area (Å²) >= 11 is 0. The SMILES string of the molecule is CCN(C)C(=O)C1COCC1NC. The maximum absolute atomic E-state index is 11.8. The van der Waals surface area contributed by atoms with Gasteiger partial charge in [-0.1, -0.05) is 0 Å². The van der Waals surface area contributed by atoms with Crippen LogP contribution in [0.4, 0.5) is 0 Å². The molecule has 1 saturated heterocycles. The van der Waals surface area contributed by atoms with Crippen LogP contribution in [0.3, 0.4) is 0 Å². The first kappa shape index (κ1) is 10.5. The van der Waals surface area contributed by atoms with Gasteiger partial charge in [-0.05, 0) is 14.0 Å². The largest absolute Gasteiger partial charge is 0.379 e. The number of rotatable bonds is 3. The van der Waals surface area contributed by atoms with E-state index in [1.54, 1.807) is 4.90 Å². The van der Waals surface area contributed by atoms with Gasteiger partial charge in [0.1, 0.15) is 0 Å². The number of carbonyl (C=O) groups is 1. The van der Waals surface area contributed by atoms with Crippen molar-refractivity contribution < 1.29 is 9.53 Å². The molecule has 13 heavy (non-hydrogen) atoms. The quantitative estimate of drug-likeness (QED) is 0.658. The molecule has 2 atom stereocenters. The topological polar surface area (TPSA) is 41.6 Å². The molecule has 1 amide bonds. The molecule has 0 bridgehead atoms. The van der Waals surface area contributed by atoms with Crippen molar-refractivity contribution in [3.05, 3.63) is 0 Å². The van der Waals surface area contributed by atoms with Gasteiger partial charge in [0.15, 0.2) is 0 Å². The average Bonchev–Trinajstić information content (AvgIpc) is 2.62. The number of amides is 1. The van der Waals surface area contributed by atoms with Crippen molar-refractivity contribution in [2.24, 2.45) is 5.92 Å². The van der Waals surface area contributed by atoms with Gasteiger partial charge in [0.25, 0.3) is 0 Å². The zero-order chi connectivity index (χ0) is 9.84. The monoisotopic (exact) mass is 186 g/mol. The van der Waals surface area contributed by atoms with Crippen LogP contribution in [0.2, 0.25) is 0 Å². The van der Waals surface area contributed by atoms with Crippen LogP contribution < -0.4 is 5.32 Å². The standard InChI is InChI=1S/C9H18N2O2/c1-4-11(3)9(12)7-5-13-6-8(7)10-2/h7-8,10H,4-6H2,1-3H3. The van der Waals surface area contributed by atoms with Gasteiger partial charge in [0, 0.05) is 19.6 Å². The summed E-state index contributed by atoms with van der Waals surface area (Å²) in [6.45, 7) is 3.92. The van der Waals surface area contributed by atoms with Gasteiger partial charge in [-0.25, -0.2) is 0 Å². The Morgan fingerprint density at radius 1 is 1.62 bits per heavy atom. The molecule has 2 unspecified atom stereocenters. The summed E-state index contributed by atoms with van der Waals surface area (Å²) in [4.78, 5) is 13.5. The van der Waals surface area contributed by atoms with Gasteiger partial charge in [-0.2, -0.15) is 0 Å². The molecule has 1 rings (SSSR count). The van der Waals surface area contributed by atoms with Gasteiger partial charge >= 0.3 is 0 Å². The first-order chi connectivity index (χ1) is 6.20. The molecule has 4 heteroatoms. The summed E-state index contributed by atoms with van der Waals surface area (Å²) in [7, 11) is 3.69. The molecule has 76 valence electrons. The Kier molecular flexibility index (Phi) is 3.69. The molecule has 1 aliphatic rings. The Balaban J connectivity index is 2.54. The molecule has 0 saturated carbocycles. The van der Waals surface area contributed by atoms with E-state index < -0.39 is 0 Å². The third-order valence-corrected chi connectivity index (χ3v) is 2.62. The van der Waals surface area contributed by atoms with Crippen molar-refractivity contribution in [1.82, 2.24) is 10.2 Å². The second kappa shape index (κ2) is 4.58. The van der Waals surface area contributed by atoms with E-state index in [0.29, 0.717) is 13.2 Å². The zero-order valence-electron chi connectivity index (χ0n) is 8.54. The third-order valence-electron chi connectivity index (χ3n) is 2.62. The molecule has 1 heterocycles. The Morgan fingerprint density at radius 2 is 2.31 bits per heavy atom. The molecule has 0 aliphatic carbocycles. The minimum atomic E-state index is -0.00468. The lowest BCUT2D eigenvalue weighted by molar-refractivity contribution is -0.134. The van der Waals surface area contributed by atoms with Crippen LogP contribution in [0, 0.1) is 5.92 Å². The van der Waals surface area contributed by atoms with Gasteiger partial charge in [0.05, 0.1) is 19.1 Å². The fourth-order valence-electron chi connectivity index (χ4n) is 1.52. The molecule has 1 aliphatic heterocycles. The molecule has 1 N–H and O–H groups in total. The highest BCUT2D eigenvalue weighted by Crippen LogP contribution is 2.15. The minimum Gasteiger partial charge on any atom is -0.379 e. The van der Waals surface area contributed by atoms with Crippen molar-refractivity contribution in [3.8, 4) is 0 Å². The summed E-state index contributed by atoms with van der Waals surface area (Å²) in [6.07, 6.45) is 0. The molecule has 0 radical (unpaired) electrons. The number of nitrogens with zero attached hydrogens (tertiary/aromatic N) is 1. The molecule has 0 aromatic rings. The lowest BCUT2D eigenvalue weighted by atomic mass is 10.0. The summed E-state index contributed by atoms with van der Waals surface area (Å²) in [5.74, 6) is 0.175. The normalized spacial score (nSPS) is 27.6. The van der Waals surface area contributed by atoms with E-state index in [9.17, 15) is 4.79 Å². The maximum Gasteiger partial charge on any atom is 0.229 e. The van der Waals surface area contributed by atoms with Crippen molar-refractivity contribution >= 4 is 5.91 Å². The molecule has 0 spiro atoms. The van der Waals surface area contributed by atoms with E-state index >= 15 is 0 Å². The predicted octanol–water partition coefficient (Wildman–Crippen LogP) is -0.301. The van der Waals surface area contributed by atoms with Crippen molar-refractivity contribution in [1.29, 1.82) is 0 Å². The van der Waals surface area contributed by atoms with Crippen molar-refractivity contribution in [2.75, 3.05) is 33.9 Å². The summed E-state index contributed by atoms with van der Waals surface area (Å²) < 4.78 is 5.27. The molecule has 0 aromatic heterocycles. The second-order valence-electron chi connectivity index (χ2n) is 3.39. The van der Waals surface area contributed by atoms with Crippen LogP contribution in [0.25, 0.3) is 0 Å². The van der Waals surface area contributed by atoms with Crippen molar-refractivity contribution in [3.63, 3.8) is 0 Å². The first-order valence-corrected chi connectivity index (χ1v) is 4.70. The van der Waals surface area contributed by atoms with E-state index in [0.717, 1.165) is 6.54 Å². The van der Waals surface area contributed by atoms with Crippen LogP contribution in [0.15, 0.2) is 0 Å². The Hall–Kier alpha value is -0.610. The van der Waals surface area contributed by atoms with Gasteiger partial charge in [0.2, 0.25) is 5.91 Å². The van der Waals surface area contributed by atoms with Crippen LogP contribution in [-0.4, -0.2) is 50.7 Å². The van der Waals surface area contributed by atoms with E-state index in [1.165, 1.54) is 0 Å². The lowest BCUT2D eigenvalue weighted by Crippen LogP contribution is -2.43. The highest BCUT2D eigenvalue weighted by molar-refractivity contribution is 5.79. The van der Waals surface area contributed by atoms with Crippen molar-refractivity contribution in [2.45, 2.75) is 13.0 Å². The summed E-state index contributed by atoms with van der Waals surface area (Å²) in [5, 5.41) is 3.10. The van der Waals surface area contributed by atoms with Gasteiger partial charge in [-0.3, -0.25) is 4.79 Å². The maximum atomic E-state index is 11.8. The van der Waals surface area contributed by atoms with E-state index in [-0.39, 0.29) is 17.9 Å². The van der Waals surface area contributed by atoms with E-state index in [4.69, 9.17) is 4.74 Å². The van der Waals surface area contributed by atoms with E-state index in [2.05, 4.69) is 5.32 Å². The number of carbonyl (C=O) groups excluding carboxylic acids is 1. The minimum absolute atomic E-state index is 0.00468. The fraction of sp³-hybridized carbons (Fsp3) is 0.889. The number of nitrogens with one attached hydrogen (secondary N) is 1. The predicted molar refractivity (Wildman–Crippen MR) is 50.5 cm³/mol. The summed E-state index contributed by atoms with van der Waals surface area (Å²) in [6, 6.07) is 0.182. The van der Waals surface area contributed by atoms with Crippen LogP contribution in [0.1, 0.15) is 6.92 Å². The van der Waals surface area contributed by atoms with E-state index in [1.807, 2.05) is 21.0 Å². The Labute approximate surface area is 79.2 Å². The lowest BCUT2D eigenvalue weighted by Gasteiger charge is -2.22. The third kappa shape index (κ3) is 2.19. The number of hydrogen-bond acceptors (Lipinski definition) is 3. The molecule has 0 aromatic carbocycles. The van der Waals surface area contributed by atoms with Gasteiger partial charge in [-0.15, -0.1) is 0 Å².